The molecule has 0 aliphatic heterocycles. The van der Waals surface area contributed by atoms with Gasteiger partial charge in [0.2, 0.25) is 0 Å². The van der Waals surface area contributed by atoms with Crippen LogP contribution in [0.2, 0.25) is 0 Å². The summed E-state index contributed by atoms with van der Waals surface area (Å²) in [5, 5.41) is 14.3. The van der Waals surface area contributed by atoms with Gasteiger partial charge in [-0.2, -0.15) is 18.3 Å². The second-order valence-corrected chi connectivity index (χ2v) is 5.05. The van der Waals surface area contributed by atoms with E-state index in [1.54, 1.807) is 19.1 Å². The van der Waals surface area contributed by atoms with Crippen LogP contribution in [0.5, 0.6) is 0 Å². The van der Waals surface area contributed by atoms with Crippen molar-refractivity contribution in [3.63, 3.8) is 0 Å². The molecule has 9 heteroatoms. The number of rotatable bonds is 5. The molecule has 0 radical (unpaired) electrons. The zero-order valence-electron chi connectivity index (χ0n) is 12.6. The molecular formula is C15H14F3N3O3. The number of carboxylic acids is 1. The molecule has 0 saturated heterocycles. The van der Waals surface area contributed by atoms with Gasteiger partial charge < -0.3 is 10.4 Å². The van der Waals surface area contributed by atoms with Gasteiger partial charge in [-0.1, -0.05) is 17.7 Å². The molecule has 0 spiro atoms. The normalized spacial score (nSPS) is 11.3. The van der Waals surface area contributed by atoms with Crippen LogP contribution in [0, 0.1) is 6.92 Å². The fourth-order valence-corrected chi connectivity index (χ4v) is 2.05. The van der Waals surface area contributed by atoms with Gasteiger partial charge in [-0.15, -0.1) is 0 Å². The van der Waals surface area contributed by atoms with Crippen molar-refractivity contribution in [2.45, 2.75) is 19.5 Å². The highest BCUT2D eigenvalue weighted by atomic mass is 19.4. The molecular weight excluding hydrogens is 327 g/mol. The van der Waals surface area contributed by atoms with Gasteiger partial charge in [0.25, 0.3) is 5.91 Å². The Morgan fingerprint density at radius 2 is 1.88 bits per heavy atom. The van der Waals surface area contributed by atoms with Gasteiger partial charge in [0.1, 0.15) is 0 Å². The maximum absolute atomic E-state index is 13.4. The van der Waals surface area contributed by atoms with Crippen LogP contribution in [-0.4, -0.2) is 33.3 Å². The fraction of sp³-hybridized carbons (Fsp3) is 0.267. The van der Waals surface area contributed by atoms with Crippen LogP contribution >= 0.6 is 0 Å². The summed E-state index contributed by atoms with van der Waals surface area (Å²) in [6.45, 7) is 1.51. The van der Waals surface area contributed by atoms with Crippen LogP contribution in [-0.2, 0) is 11.0 Å². The number of nitrogens with one attached hydrogen (secondary N) is 1. The van der Waals surface area contributed by atoms with Crippen LogP contribution in [0.15, 0.2) is 30.5 Å². The maximum Gasteiger partial charge on any atom is 0.434 e. The number of carboxylic acid groups (broad SMARTS) is 1. The second-order valence-electron chi connectivity index (χ2n) is 5.05. The summed E-state index contributed by atoms with van der Waals surface area (Å²) in [7, 11) is 0. The van der Waals surface area contributed by atoms with Crippen LogP contribution in [0.4, 0.5) is 13.2 Å². The van der Waals surface area contributed by atoms with Gasteiger partial charge in [0.15, 0.2) is 5.69 Å². The molecule has 2 rings (SSSR count). The molecule has 2 N–H and O–H groups in total. The van der Waals surface area contributed by atoms with Crippen LogP contribution < -0.4 is 5.32 Å². The van der Waals surface area contributed by atoms with Crippen molar-refractivity contribution in [2.75, 3.05) is 6.54 Å². The number of amides is 1. The second kappa shape index (κ2) is 6.73. The molecule has 0 aliphatic carbocycles. The predicted molar refractivity (Wildman–Crippen MR) is 77.9 cm³/mol. The fourth-order valence-electron chi connectivity index (χ4n) is 2.05. The Kier molecular flexibility index (Phi) is 4.91. The summed E-state index contributed by atoms with van der Waals surface area (Å²) in [5.74, 6) is -2.19. The lowest BCUT2D eigenvalue weighted by atomic mass is 10.2. The Morgan fingerprint density at radius 1 is 1.25 bits per heavy atom. The molecule has 0 aliphatic rings. The number of aromatic nitrogens is 2. The van der Waals surface area contributed by atoms with Crippen molar-refractivity contribution in [3.05, 3.63) is 47.3 Å². The number of aliphatic carboxylic acids is 1. The van der Waals surface area contributed by atoms with Crippen molar-refractivity contribution in [2.24, 2.45) is 0 Å². The van der Waals surface area contributed by atoms with E-state index in [0.717, 1.165) is 11.8 Å². The monoisotopic (exact) mass is 341 g/mol. The van der Waals surface area contributed by atoms with Crippen LogP contribution in [0.1, 0.15) is 28.0 Å². The van der Waals surface area contributed by atoms with Crippen molar-refractivity contribution in [3.8, 4) is 5.69 Å². The number of carbonyl (C=O) groups excluding carboxylic acids is 1. The average molecular weight is 341 g/mol. The minimum Gasteiger partial charge on any atom is -0.481 e. The number of hydrogen-bond donors (Lipinski definition) is 2. The summed E-state index contributed by atoms with van der Waals surface area (Å²) in [6, 6.07) is 6.18. The number of nitrogens with zero attached hydrogens (tertiary/aromatic N) is 2. The van der Waals surface area contributed by atoms with E-state index in [4.69, 9.17) is 5.11 Å². The average Bonchev–Trinajstić information content (AvgIpc) is 2.92. The zero-order valence-corrected chi connectivity index (χ0v) is 12.6. The first-order chi connectivity index (χ1) is 11.2. The topological polar surface area (TPSA) is 84.2 Å². The van der Waals surface area contributed by atoms with E-state index >= 15 is 0 Å². The number of benzene rings is 1. The van der Waals surface area contributed by atoms with E-state index < -0.39 is 29.3 Å². The molecule has 1 heterocycles. The quantitative estimate of drug-likeness (QED) is 0.875. The third-order valence-electron chi connectivity index (χ3n) is 3.19. The Labute approximate surface area is 134 Å². The first-order valence-corrected chi connectivity index (χ1v) is 6.92. The highest BCUT2D eigenvalue weighted by Crippen LogP contribution is 2.33. The van der Waals surface area contributed by atoms with Gasteiger partial charge in [-0.05, 0) is 19.1 Å². The van der Waals surface area contributed by atoms with Crippen molar-refractivity contribution in [1.29, 1.82) is 0 Å². The minimum atomic E-state index is -4.80. The minimum absolute atomic E-state index is 0.164. The zero-order chi connectivity index (χ0) is 17.9. The van der Waals surface area contributed by atoms with E-state index in [2.05, 4.69) is 10.4 Å². The largest absolute Gasteiger partial charge is 0.481 e. The number of aryl methyl sites for hydroxylation is 1. The molecule has 6 nitrogen and oxygen atoms in total. The lowest BCUT2D eigenvalue weighted by molar-refractivity contribution is -0.143. The Balaban J connectivity index is 2.38. The van der Waals surface area contributed by atoms with E-state index in [-0.39, 0.29) is 18.7 Å². The number of hydrogen-bond acceptors (Lipinski definition) is 3. The number of halogens is 3. The lowest BCUT2D eigenvalue weighted by Gasteiger charge is -2.13. The Morgan fingerprint density at radius 3 is 2.42 bits per heavy atom. The molecule has 1 aromatic carbocycles. The first kappa shape index (κ1) is 17.5. The lowest BCUT2D eigenvalue weighted by Crippen LogP contribution is -2.28. The van der Waals surface area contributed by atoms with Crippen LogP contribution in [0.25, 0.3) is 5.69 Å². The smallest absolute Gasteiger partial charge is 0.434 e. The maximum atomic E-state index is 13.4. The van der Waals surface area contributed by atoms with Gasteiger partial charge >= 0.3 is 12.1 Å². The molecule has 128 valence electrons. The van der Waals surface area contributed by atoms with E-state index in [0.29, 0.717) is 4.68 Å². The van der Waals surface area contributed by atoms with Crippen molar-refractivity contribution < 1.29 is 27.9 Å². The number of carbonyl (C=O) groups is 2. The Hall–Kier alpha value is -2.84. The van der Waals surface area contributed by atoms with Crippen LogP contribution in [0.3, 0.4) is 0 Å². The summed E-state index contributed by atoms with van der Waals surface area (Å²) in [5.41, 5.74) is -0.837. The number of alkyl halides is 3. The van der Waals surface area contributed by atoms with Gasteiger partial charge in [-0.25, -0.2) is 4.68 Å². The SMILES string of the molecule is Cc1ccc(-n2ncc(C(=O)NCCC(=O)O)c2C(F)(F)F)cc1. The Bertz CT molecular complexity index is 752. The molecule has 0 saturated carbocycles. The highest BCUT2D eigenvalue weighted by molar-refractivity contribution is 5.95. The molecule has 1 aromatic heterocycles. The van der Waals surface area contributed by atoms with Crippen molar-refractivity contribution in [1.82, 2.24) is 15.1 Å². The van der Waals surface area contributed by atoms with Gasteiger partial charge in [0, 0.05) is 6.54 Å². The summed E-state index contributed by atoms with van der Waals surface area (Å²) in [4.78, 5) is 22.3. The molecule has 24 heavy (non-hydrogen) atoms. The molecule has 0 unspecified atom stereocenters. The standard InChI is InChI=1S/C15H14F3N3O3/c1-9-2-4-10(5-3-9)21-13(15(16,17)18)11(8-20-21)14(24)19-7-6-12(22)23/h2-5,8H,6-7H2,1H3,(H,19,24)(H,22,23). The third kappa shape index (κ3) is 3.92. The molecule has 2 aromatic rings. The van der Waals surface area contributed by atoms with Gasteiger partial charge in [-0.3, -0.25) is 9.59 Å². The summed E-state index contributed by atoms with van der Waals surface area (Å²) in [6.07, 6.45) is -4.38. The summed E-state index contributed by atoms with van der Waals surface area (Å²) >= 11 is 0. The van der Waals surface area contributed by atoms with E-state index in [1.165, 1.54) is 12.1 Å². The molecule has 0 bridgehead atoms. The molecule has 1 amide bonds. The molecule has 0 fully saturated rings. The first-order valence-electron chi connectivity index (χ1n) is 6.92. The highest BCUT2D eigenvalue weighted by Gasteiger charge is 2.40. The predicted octanol–water partition coefficient (Wildman–Crippen LogP) is 2.40. The van der Waals surface area contributed by atoms with Gasteiger partial charge in [0.05, 0.1) is 23.9 Å². The van der Waals surface area contributed by atoms with E-state index in [9.17, 15) is 22.8 Å². The molecule has 0 atom stereocenters. The van der Waals surface area contributed by atoms with E-state index in [1.807, 2.05) is 0 Å². The summed E-state index contributed by atoms with van der Waals surface area (Å²) < 4.78 is 40.8. The third-order valence-corrected chi connectivity index (χ3v) is 3.19. The van der Waals surface area contributed by atoms with Crippen molar-refractivity contribution >= 4 is 11.9 Å².